The van der Waals surface area contributed by atoms with Gasteiger partial charge in [0, 0.05) is 18.9 Å². The molecule has 2 aromatic heterocycles. The van der Waals surface area contributed by atoms with Crippen LogP contribution in [0.1, 0.15) is 5.56 Å². The average Bonchev–Trinajstić information content (AvgIpc) is 2.74. The molecule has 19 heavy (non-hydrogen) atoms. The number of rotatable bonds is 4. The van der Waals surface area contributed by atoms with Crippen molar-refractivity contribution < 1.29 is 13.2 Å². The van der Waals surface area contributed by atoms with Crippen molar-refractivity contribution in [2.45, 2.75) is 12.7 Å². The molecule has 3 N–H and O–H groups in total. The zero-order chi connectivity index (χ0) is 13.9. The standard InChI is InChI=1S/C11H12F3N5/c12-11(13,14)8-1-2-16-10(5-8)17-3-4-19-7-9(15)6-18-19/h1-2,5-7H,3-4,15H2,(H,16,17). The topological polar surface area (TPSA) is 68.8 Å². The van der Waals surface area contributed by atoms with Gasteiger partial charge in [-0.15, -0.1) is 0 Å². The number of hydrogen-bond acceptors (Lipinski definition) is 4. The van der Waals surface area contributed by atoms with Crippen LogP contribution in [0.15, 0.2) is 30.7 Å². The summed E-state index contributed by atoms with van der Waals surface area (Å²) in [5.41, 5.74) is 5.30. The molecule has 102 valence electrons. The first-order valence-electron chi connectivity index (χ1n) is 5.50. The number of nitrogens with one attached hydrogen (secondary N) is 1. The summed E-state index contributed by atoms with van der Waals surface area (Å²) in [6.07, 6.45) is -0.101. The highest BCUT2D eigenvalue weighted by Gasteiger charge is 2.30. The predicted octanol–water partition coefficient (Wildman–Crippen LogP) is 1.99. The summed E-state index contributed by atoms with van der Waals surface area (Å²) in [5, 5.41) is 6.76. The van der Waals surface area contributed by atoms with Gasteiger partial charge in [0.05, 0.1) is 24.0 Å². The molecule has 0 aliphatic carbocycles. The quantitative estimate of drug-likeness (QED) is 0.892. The number of aromatic nitrogens is 3. The van der Waals surface area contributed by atoms with Gasteiger partial charge in [-0.25, -0.2) is 4.98 Å². The van der Waals surface area contributed by atoms with Crippen molar-refractivity contribution in [2.75, 3.05) is 17.6 Å². The Kier molecular flexibility index (Phi) is 3.59. The lowest BCUT2D eigenvalue weighted by Gasteiger charge is -2.09. The Morgan fingerprint density at radius 2 is 2.16 bits per heavy atom. The fourth-order valence-corrected chi connectivity index (χ4v) is 1.50. The van der Waals surface area contributed by atoms with Crippen LogP contribution in [0.5, 0.6) is 0 Å². The molecular formula is C11H12F3N5. The largest absolute Gasteiger partial charge is 0.416 e. The van der Waals surface area contributed by atoms with E-state index in [2.05, 4.69) is 15.4 Å². The van der Waals surface area contributed by atoms with E-state index in [-0.39, 0.29) is 5.82 Å². The molecule has 0 aliphatic heterocycles. The maximum Gasteiger partial charge on any atom is 0.416 e. The fourth-order valence-electron chi connectivity index (χ4n) is 1.50. The Morgan fingerprint density at radius 3 is 2.79 bits per heavy atom. The summed E-state index contributed by atoms with van der Waals surface area (Å²) in [7, 11) is 0. The molecule has 0 spiro atoms. The lowest BCUT2D eigenvalue weighted by atomic mass is 10.2. The summed E-state index contributed by atoms with van der Waals surface area (Å²) >= 11 is 0. The van der Waals surface area contributed by atoms with Gasteiger partial charge in [0.2, 0.25) is 0 Å². The molecular weight excluding hydrogens is 259 g/mol. The summed E-state index contributed by atoms with van der Waals surface area (Å²) in [6.45, 7) is 0.880. The monoisotopic (exact) mass is 271 g/mol. The van der Waals surface area contributed by atoms with Crippen molar-refractivity contribution in [3.05, 3.63) is 36.3 Å². The minimum Gasteiger partial charge on any atom is -0.396 e. The molecule has 0 radical (unpaired) electrons. The molecule has 5 nitrogen and oxygen atoms in total. The second kappa shape index (κ2) is 5.17. The van der Waals surface area contributed by atoms with Crippen LogP contribution >= 0.6 is 0 Å². The van der Waals surface area contributed by atoms with E-state index in [4.69, 9.17) is 5.73 Å². The van der Waals surface area contributed by atoms with Gasteiger partial charge >= 0.3 is 6.18 Å². The molecule has 0 saturated carbocycles. The molecule has 8 heteroatoms. The Hall–Kier alpha value is -2.25. The highest BCUT2D eigenvalue weighted by atomic mass is 19.4. The molecule has 0 unspecified atom stereocenters. The Morgan fingerprint density at radius 1 is 1.37 bits per heavy atom. The lowest BCUT2D eigenvalue weighted by Crippen LogP contribution is -2.13. The van der Waals surface area contributed by atoms with Crippen LogP contribution in [0.25, 0.3) is 0 Å². The summed E-state index contributed by atoms with van der Waals surface area (Å²) in [4.78, 5) is 3.82. The van der Waals surface area contributed by atoms with Gasteiger partial charge in [0.15, 0.2) is 0 Å². The van der Waals surface area contributed by atoms with E-state index < -0.39 is 11.7 Å². The van der Waals surface area contributed by atoms with Gasteiger partial charge in [-0.05, 0) is 12.1 Å². The molecule has 0 fully saturated rings. The van der Waals surface area contributed by atoms with Crippen LogP contribution in [0.3, 0.4) is 0 Å². The zero-order valence-corrected chi connectivity index (χ0v) is 9.85. The number of alkyl halides is 3. The number of hydrogen-bond donors (Lipinski definition) is 2. The smallest absolute Gasteiger partial charge is 0.396 e. The van der Waals surface area contributed by atoms with Gasteiger partial charge in [-0.2, -0.15) is 18.3 Å². The molecule has 0 saturated heterocycles. The first-order chi connectivity index (χ1) is 8.95. The van der Waals surface area contributed by atoms with Gasteiger partial charge in [-0.1, -0.05) is 0 Å². The lowest BCUT2D eigenvalue weighted by molar-refractivity contribution is -0.137. The Bertz CT molecular complexity index is 549. The second-order valence-corrected chi connectivity index (χ2v) is 3.89. The first-order valence-corrected chi connectivity index (χ1v) is 5.50. The van der Waals surface area contributed by atoms with Crippen LogP contribution in [0, 0.1) is 0 Å². The maximum absolute atomic E-state index is 12.5. The third-order valence-electron chi connectivity index (χ3n) is 2.39. The summed E-state index contributed by atoms with van der Waals surface area (Å²) in [6, 6.07) is 1.90. The van der Waals surface area contributed by atoms with Crippen molar-refractivity contribution in [2.24, 2.45) is 0 Å². The van der Waals surface area contributed by atoms with E-state index in [9.17, 15) is 13.2 Å². The molecule has 0 aromatic carbocycles. The number of nitrogen functional groups attached to an aromatic ring is 1. The molecule has 0 atom stereocenters. The van der Waals surface area contributed by atoms with Crippen molar-refractivity contribution in [1.29, 1.82) is 0 Å². The fraction of sp³-hybridized carbons (Fsp3) is 0.273. The van der Waals surface area contributed by atoms with E-state index in [0.717, 1.165) is 18.3 Å². The minimum atomic E-state index is -4.37. The Labute approximate surface area is 107 Å². The van der Waals surface area contributed by atoms with Gasteiger partial charge in [-0.3, -0.25) is 4.68 Å². The number of nitrogens with two attached hydrogens (primary N) is 1. The minimum absolute atomic E-state index is 0.176. The number of halogens is 3. The summed E-state index contributed by atoms with van der Waals surface area (Å²) < 4.78 is 39.0. The van der Waals surface area contributed by atoms with E-state index in [1.165, 1.54) is 6.20 Å². The highest BCUT2D eigenvalue weighted by Crippen LogP contribution is 2.29. The van der Waals surface area contributed by atoms with Crippen molar-refractivity contribution in [3.8, 4) is 0 Å². The van der Waals surface area contributed by atoms with Gasteiger partial charge in [0.25, 0.3) is 0 Å². The van der Waals surface area contributed by atoms with E-state index >= 15 is 0 Å². The average molecular weight is 271 g/mol. The van der Waals surface area contributed by atoms with Crippen molar-refractivity contribution in [3.63, 3.8) is 0 Å². The van der Waals surface area contributed by atoms with Crippen LogP contribution in [0.4, 0.5) is 24.7 Å². The normalized spacial score (nSPS) is 11.5. The molecule has 2 rings (SSSR count). The molecule has 0 bridgehead atoms. The molecule has 0 amide bonds. The molecule has 0 aliphatic rings. The van der Waals surface area contributed by atoms with E-state index in [1.54, 1.807) is 10.9 Å². The number of nitrogens with zero attached hydrogens (tertiary/aromatic N) is 3. The predicted molar refractivity (Wildman–Crippen MR) is 64.4 cm³/mol. The van der Waals surface area contributed by atoms with E-state index in [0.29, 0.717) is 18.8 Å². The number of pyridine rings is 1. The summed E-state index contributed by atoms with van der Waals surface area (Å²) in [5.74, 6) is 0.176. The zero-order valence-electron chi connectivity index (χ0n) is 9.85. The van der Waals surface area contributed by atoms with Crippen molar-refractivity contribution >= 4 is 11.5 Å². The SMILES string of the molecule is Nc1cnn(CCNc2cc(C(F)(F)F)ccn2)c1. The maximum atomic E-state index is 12.5. The highest BCUT2D eigenvalue weighted by molar-refractivity contribution is 5.38. The van der Waals surface area contributed by atoms with E-state index in [1.807, 2.05) is 0 Å². The van der Waals surface area contributed by atoms with Crippen molar-refractivity contribution in [1.82, 2.24) is 14.8 Å². The van der Waals surface area contributed by atoms with Crippen LogP contribution in [-0.4, -0.2) is 21.3 Å². The van der Waals surface area contributed by atoms with Gasteiger partial charge in [0.1, 0.15) is 5.82 Å². The third kappa shape index (κ3) is 3.60. The second-order valence-electron chi connectivity index (χ2n) is 3.89. The van der Waals surface area contributed by atoms with Crippen LogP contribution in [0.2, 0.25) is 0 Å². The number of anilines is 2. The van der Waals surface area contributed by atoms with Gasteiger partial charge < -0.3 is 11.1 Å². The Balaban J connectivity index is 1.93. The van der Waals surface area contributed by atoms with Crippen LogP contribution < -0.4 is 11.1 Å². The first kappa shape index (κ1) is 13.2. The molecule has 2 heterocycles. The van der Waals surface area contributed by atoms with Crippen LogP contribution in [-0.2, 0) is 12.7 Å². The molecule has 2 aromatic rings. The third-order valence-corrected chi connectivity index (χ3v) is 2.39.